The fraction of sp³-hybridized carbons (Fsp3) is 0.500. The lowest BCUT2D eigenvalue weighted by Crippen LogP contribution is -2.42. The minimum absolute atomic E-state index is 0.0122. The van der Waals surface area contributed by atoms with Gasteiger partial charge in [-0.3, -0.25) is 9.59 Å². The molecule has 0 bridgehead atoms. The van der Waals surface area contributed by atoms with Crippen LogP contribution in [0.1, 0.15) is 63.9 Å². The largest absolute Gasteiger partial charge is 0.503 e. The topological polar surface area (TPSA) is 78.9 Å². The summed E-state index contributed by atoms with van der Waals surface area (Å²) in [5.41, 5.74) is 3.79. The van der Waals surface area contributed by atoms with Gasteiger partial charge in [0.15, 0.2) is 17.3 Å². The maximum atomic E-state index is 13.7. The molecule has 1 atom stereocenters. The number of amides is 1. The highest BCUT2D eigenvalue weighted by atomic mass is 79.9. The molecular formula is C24H29BrN2O4. The van der Waals surface area contributed by atoms with E-state index in [0.717, 1.165) is 62.2 Å². The molecular weight excluding hydrogens is 460 g/mol. The molecule has 0 spiro atoms. The summed E-state index contributed by atoms with van der Waals surface area (Å²) in [6, 6.07) is 3.57. The Morgan fingerprint density at radius 1 is 1.23 bits per heavy atom. The summed E-state index contributed by atoms with van der Waals surface area (Å²) in [4.78, 5) is 28.7. The van der Waals surface area contributed by atoms with E-state index >= 15 is 0 Å². The SMILES string of the molecule is CCOc1cc([C@@H]2C(C(=O)N3CCCCC3)=C(C)NC3=C2C(=O)CCC3)cc(Br)c1O. The van der Waals surface area contributed by atoms with Crippen LogP contribution in [0.2, 0.25) is 0 Å². The number of allylic oxidation sites excluding steroid dienone is 3. The predicted octanol–water partition coefficient (Wildman–Crippen LogP) is 4.53. The first kappa shape index (κ1) is 21.9. The summed E-state index contributed by atoms with van der Waals surface area (Å²) >= 11 is 3.43. The van der Waals surface area contributed by atoms with Crippen molar-refractivity contribution in [3.05, 3.63) is 44.7 Å². The Morgan fingerprint density at radius 3 is 2.68 bits per heavy atom. The van der Waals surface area contributed by atoms with Crippen LogP contribution >= 0.6 is 15.9 Å². The number of aromatic hydroxyl groups is 1. The first-order chi connectivity index (χ1) is 14.9. The lowest BCUT2D eigenvalue weighted by atomic mass is 9.74. The van der Waals surface area contributed by atoms with Gasteiger partial charge in [0, 0.05) is 48.0 Å². The Kier molecular flexibility index (Phi) is 6.42. The fourth-order valence-electron chi connectivity index (χ4n) is 4.89. The first-order valence-corrected chi connectivity index (χ1v) is 11.9. The van der Waals surface area contributed by atoms with E-state index in [4.69, 9.17) is 4.74 Å². The van der Waals surface area contributed by atoms with Gasteiger partial charge in [0.25, 0.3) is 5.91 Å². The predicted molar refractivity (Wildman–Crippen MR) is 122 cm³/mol. The number of ketones is 1. The van der Waals surface area contributed by atoms with E-state index in [0.29, 0.717) is 34.4 Å². The molecule has 0 unspecified atom stereocenters. The molecule has 4 rings (SSSR count). The van der Waals surface area contributed by atoms with Crippen molar-refractivity contribution in [2.45, 2.75) is 58.3 Å². The third-order valence-electron chi connectivity index (χ3n) is 6.33. The van der Waals surface area contributed by atoms with E-state index in [2.05, 4.69) is 21.2 Å². The number of nitrogens with zero attached hydrogens (tertiary/aromatic N) is 1. The van der Waals surface area contributed by atoms with Crippen LogP contribution in [-0.4, -0.2) is 41.4 Å². The van der Waals surface area contributed by atoms with E-state index in [1.165, 1.54) is 0 Å². The minimum Gasteiger partial charge on any atom is -0.503 e. The van der Waals surface area contributed by atoms with Crippen molar-refractivity contribution in [3.8, 4) is 11.5 Å². The van der Waals surface area contributed by atoms with Gasteiger partial charge in [-0.1, -0.05) is 0 Å². The van der Waals surface area contributed by atoms with Gasteiger partial charge in [-0.05, 0) is 79.6 Å². The Bertz CT molecular complexity index is 976. The van der Waals surface area contributed by atoms with Crippen molar-refractivity contribution in [1.82, 2.24) is 10.2 Å². The number of ether oxygens (including phenoxy) is 1. The van der Waals surface area contributed by atoms with Gasteiger partial charge >= 0.3 is 0 Å². The monoisotopic (exact) mass is 488 g/mol. The van der Waals surface area contributed by atoms with Crippen LogP contribution in [0, 0.1) is 0 Å². The van der Waals surface area contributed by atoms with Crippen LogP contribution in [0.25, 0.3) is 0 Å². The summed E-state index contributed by atoms with van der Waals surface area (Å²) in [5, 5.41) is 13.8. The molecule has 1 aromatic rings. The fourth-order valence-corrected chi connectivity index (χ4v) is 5.35. The van der Waals surface area contributed by atoms with Crippen LogP contribution in [0.15, 0.2) is 39.1 Å². The van der Waals surface area contributed by atoms with Gasteiger partial charge in [0.2, 0.25) is 0 Å². The standard InChI is InChI=1S/C24H29BrN2O4/c1-3-31-19-13-15(12-16(25)23(19)29)21-20(24(30)27-10-5-4-6-11-27)14(2)26-17-8-7-9-18(28)22(17)21/h12-13,21,26,29H,3-11H2,1-2H3/t21-/m1/s1. The number of carbonyl (C=O) groups is 2. The number of halogens is 1. The molecule has 3 aliphatic rings. The zero-order valence-electron chi connectivity index (χ0n) is 18.1. The van der Waals surface area contributed by atoms with E-state index in [9.17, 15) is 14.7 Å². The molecule has 0 saturated carbocycles. The lowest BCUT2D eigenvalue weighted by molar-refractivity contribution is -0.128. The van der Waals surface area contributed by atoms with Crippen LogP contribution in [-0.2, 0) is 9.59 Å². The number of hydrogen-bond donors (Lipinski definition) is 2. The maximum absolute atomic E-state index is 13.7. The summed E-state index contributed by atoms with van der Waals surface area (Å²) < 4.78 is 6.13. The average Bonchev–Trinajstić information content (AvgIpc) is 2.76. The molecule has 0 radical (unpaired) electrons. The molecule has 1 aromatic carbocycles. The Hall–Kier alpha value is -2.28. The Morgan fingerprint density at radius 2 is 1.97 bits per heavy atom. The minimum atomic E-state index is -0.477. The number of carbonyl (C=O) groups excluding carboxylic acids is 2. The number of phenolic OH excluding ortho intramolecular Hbond substituents is 1. The lowest BCUT2D eigenvalue weighted by Gasteiger charge is -2.37. The van der Waals surface area contributed by atoms with Gasteiger partial charge in [-0.25, -0.2) is 0 Å². The highest BCUT2D eigenvalue weighted by molar-refractivity contribution is 9.10. The van der Waals surface area contributed by atoms with Gasteiger partial charge in [0.1, 0.15) is 0 Å². The van der Waals surface area contributed by atoms with Gasteiger partial charge in [-0.2, -0.15) is 0 Å². The summed E-state index contributed by atoms with van der Waals surface area (Å²) in [7, 11) is 0. The molecule has 2 heterocycles. The number of benzene rings is 1. The van der Waals surface area contributed by atoms with Crippen molar-refractivity contribution in [2.24, 2.45) is 0 Å². The number of Topliss-reactive ketones (excluding diaryl/α,β-unsaturated/α-hetero) is 1. The second-order valence-corrected chi connectivity index (χ2v) is 9.26. The first-order valence-electron chi connectivity index (χ1n) is 11.1. The van der Waals surface area contributed by atoms with Crippen LogP contribution in [0.3, 0.4) is 0 Å². The zero-order valence-corrected chi connectivity index (χ0v) is 19.7. The van der Waals surface area contributed by atoms with Crippen LogP contribution < -0.4 is 10.1 Å². The Balaban J connectivity index is 1.86. The molecule has 2 aliphatic heterocycles. The van der Waals surface area contributed by atoms with Crippen molar-refractivity contribution in [2.75, 3.05) is 19.7 Å². The molecule has 166 valence electrons. The summed E-state index contributed by atoms with van der Waals surface area (Å²) in [5.74, 6) is -0.0414. The highest BCUT2D eigenvalue weighted by Crippen LogP contribution is 2.46. The van der Waals surface area contributed by atoms with Crippen LogP contribution in [0.5, 0.6) is 11.5 Å². The molecule has 2 N–H and O–H groups in total. The number of piperidine rings is 1. The quantitative estimate of drug-likeness (QED) is 0.650. The summed E-state index contributed by atoms with van der Waals surface area (Å²) in [6.45, 7) is 5.66. The zero-order chi connectivity index (χ0) is 22.1. The number of hydrogen-bond acceptors (Lipinski definition) is 5. The second kappa shape index (κ2) is 9.07. The third-order valence-corrected chi connectivity index (χ3v) is 6.94. The number of phenols is 1. The van der Waals surface area contributed by atoms with E-state index < -0.39 is 5.92 Å². The van der Waals surface area contributed by atoms with Gasteiger partial charge in [0.05, 0.1) is 11.1 Å². The number of likely N-dealkylation sites (tertiary alicyclic amines) is 1. The number of nitrogens with one attached hydrogen (secondary N) is 1. The normalized spacial score (nSPS) is 21.7. The smallest absolute Gasteiger partial charge is 0.252 e. The number of rotatable bonds is 4. The third kappa shape index (κ3) is 4.12. The van der Waals surface area contributed by atoms with Crippen molar-refractivity contribution < 1.29 is 19.4 Å². The summed E-state index contributed by atoms with van der Waals surface area (Å²) in [6.07, 6.45) is 5.23. The van der Waals surface area contributed by atoms with Crippen molar-refractivity contribution in [1.29, 1.82) is 0 Å². The molecule has 31 heavy (non-hydrogen) atoms. The van der Waals surface area contributed by atoms with Crippen molar-refractivity contribution in [3.63, 3.8) is 0 Å². The van der Waals surface area contributed by atoms with Crippen LogP contribution in [0.4, 0.5) is 0 Å². The molecule has 1 amide bonds. The van der Waals surface area contributed by atoms with E-state index in [1.807, 2.05) is 18.7 Å². The molecule has 7 heteroatoms. The average molecular weight is 489 g/mol. The molecule has 1 saturated heterocycles. The maximum Gasteiger partial charge on any atom is 0.252 e. The molecule has 1 fully saturated rings. The molecule has 6 nitrogen and oxygen atoms in total. The van der Waals surface area contributed by atoms with Gasteiger partial charge in [-0.15, -0.1) is 0 Å². The number of dihydropyridines is 1. The van der Waals surface area contributed by atoms with E-state index in [1.54, 1.807) is 12.1 Å². The molecule has 1 aliphatic carbocycles. The van der Waals surface area contributed by atoms with E-state index in [-0.39, 0.29) is 17.4 Å². The highest BCUT2D eigenvalue weighted by Gasteiger charge is 2.40. The molecule has 0 aromatic heterocycles. The second-order valence-electron chi connectivity index (χ2n) is 8.40. The van der Waals surface area contributed by atoms with Crippen molar-refractivity contribution >= 4 is 27.6 Å². The Labute approximate surface area is 191 Å². The van der Waals surface area contributed by atoms with Gasteiger partial charge < -0.3 is 20.1 Å².